The molecule has 6 heteroatoms. The molecule has 0 saturated carbocycles. The van der Waals surface area contributed by atoms with Crippen LogP contribution in [-0.4, -0.2) is 9.97 Å². The van der Waals surface area contributed by atoms with Crippen LogP contribution in [0.1, 0.15) is 25.0 Å². The van der Waals surface area contributed by atoms with Gasteiger partial charge in [-0.1, -0.05) is 159 Å². The zero-order chi connectivity index (χ0) is 47.5. The second-order valence-electron chi connectivity index (χ2n) is 18.7. The maximum absolute atomic E-state index is 5.06. The predicted octanol–water partition coefficient (Wildman–Crippen LogP) is 18.8. The van der Waals surface area contributed by atoms with Gasteiger partial charge in [0.15, 0.2) is 0 Å². The molecule has 0 aliphatic heterocycles. The molecule has 71 heavy (non-hydrogen) atoms. The monoisotopic (exact) mass is 946 g/mol. The van der Waals surface area contributed by atoms with E-state index in [9.17, 15) is 0 Å². The van der Waals surface area contributed by atoms with Crippen LogP contribution in [0.3, 0.4) is 0 Å². The van der Waals surface area contributed by atoms with E-state index in [4.69, 9.17) is 9.97 Å². The van der Waals surface area contributed by atoms with Crippen LogP contribution in [0.15, 0.2) is 243 Å². The number of nitrogens with zero attached hydrogens (tertiary/aromatic N) is 4. The average Bonchev–Trinajstić information content (AvgIpc) is 4.13. The van der Waals surface area contributed by atoms with Gasteiger partial charge in [0.2, 0.25) is 0 Å². The normalized spacial score (nSPS) is 12.5. The molecule has 0 unspecified atom stereocenters. The molecule has 13 rings (SSSR count). The Balaban J connectivity index is 0.905. The zero-order valence-electron chi connectivity index (χ0n) is 39.2. The number of hydrogen-bond acceptors (Lipinski definition) is 6. The lowest BCUT2D eigenvalue weighted by Gasteiger charge is -2.29. The molecule has 0 N–H and O–H groups in total. The molecule has 12 aromatic rings. The highest BCUT2D eigenvalue weighted by Gasteiger charge is 2.37. The van der Waals surface area contributed by atoms with Crippen LogP contribution in [0.2, 0.25) is 0 Å². The molecule has 0 saturated heterocycles. The molecule has 4 nitrogen and oxygen atoms in total. The van der Waals surface area contributed by atoms with Gasteiger partial charge in [0.05, 0.1) is 20.4 Å². The van der Waals surface area contributed by atoms with Crippen molar-refractivity contribution in [3.05, 3.63) is 254 Å². The third kappa shape index (κ3) is 7.78. The van der Waals surface area contributed by atoms with Crippen molar-refractivity contribution in [3.63, 3.8) is 0 Å². The number of thiazole rings is 2. The Labute approximate surface area is 422 Å². The summed E-state index contributed by atoms with van der Waals surface area (Å²) < 4.78 is 2.37. The largest absolute Gasteiger partial charge is 0.310 e. The number of anilines is 6. The Morgan fingerprint density at radius 2 is 0.662 bits per heavy atom. The molecular weight excluding hydrogens is 901 g/mol. The highest BCUT2D eigenvalue weighted by atomic mass is 32.1. The summed E-state index contributed by atoms with van der Waals surface area (Å²) >= 11 is 3.47. The van der Waals surface area contributed by atoms with Crippen molar-refractivity contribution in [1.29, 1.82) is 0 Å². The van der Waals surface area contributed by atoms with Crippen molar-refractivity contribution in [2.24, 2.45) is 0 Å². The van der Waals surface area contributed by atoms with Crippen LogP contribution in [0.25, 0.3) is 75.0 Å². The van der Waals surface area contributed by atoms with Gasteiger partial charge in [0.25, 0.3) is 0 Å². The number of benzene rings is 10. The van der Waals surface area contributed by atoms with Crippen LogP contribution in [0, 0.1) is 0 Å². The van der Waals surface area contributed by atoms with Crippen LogP contribution in [0.5, 0.6) is 0 Å². The number of fused-ring (bicyclic) bond motifs is 5. The average molecular weight is 947 g/mol. The standard InChI is InChI=1S/C65H46N4S2/c1-65(2)57-41-53(68(49-31-27-45(28-32-49)43-15-5-3-6-16-43)51-21-13-19-47(39-51)63-66-59-23-9-11-25-61(59)70-63)35-37-55(57)56-38-36-54(42-58(56)65)69(50-33-29-46(30-34-50)44-17-7-4-8-18-44)52-22-14-20-48(40-52)64-67-60-24-10-12-26-62(60)71-64/h3-42H,1-2H3. The first-order valence-electron chi connectivity index (χ1n) is 24.0. The minimum absolute atomic E-state index is 0.311. The first kappa shape index (κ1) is 42.7. The quantitative estimate of drug-likeness (QED) is 0.137. The summed E-state index contributed by atoms with van der Waals surface area (Å²) in [5, 5.41) is 2.02. The van der Waals surface area contributed by atoms with Crippen LogP contribution >= 0.6 is 22.7 Å². The first-order chi connectivity index (χ1) is 34.9. The van der Waals surface area contributed by atoms with Gasteiger partial charge in [-0.15, -0.1) is 22.7 Å². The van der Waals surface area contributed by atoms with Gasteiger partial charge >= 0.3 is 0 Å². The Morgan fingerprint density at radius 3 is 1.08 bits per heavy atom. The summed E-state index contributed by atoms with van der Waals surface area (Å²) in [5.41, 5.74) is 20.4. The van der Waals surface area contributed by atoms with Crippen molar-refractivity contribution < 1.29 is 0 Å². The molecular formula is C65H46N4S2. The number of aromatic nitrogens is 2. The Morgan fingerprint density at radius 1 is 0.310 bits per heavy atom. The molecule has 1 aliphatic carbocycles. The van der Waals surface area contributed by atoms with Gasteiger partial charge in [0.1, 0.15) is 10.0 Å². The minimum Gasteiger partial charge on any atom is -0.310 e. The van der Waals surface area contributed by atoms with Gasteiger partial charge < -0.3 is 9.80 Å². The van der Waals surface area contributed by atoms with E-state index in [2.05, 4.69) is 266 Å². The second-order valence-corrected chi connectivity index (χ2v) is 20.7. The van der Waals surface area contributed by atoms with E-state index in [1.54, 1.807) is 22.7 Å². The third-order valence-electron chi connectivity index (χ3n) is 13.9. The number of rotatable bonds is 10. The fraction of sp³-hybridized carbons (Fsp3) is 0.0462. The van der Waals surface area contributed by atoms with E-state index in [1.807, 2.05) is 0 Å². The smallest absolute Gasteiger partial charge is 0.124 e. The molecule has 0 spiro atoms. The summed E-state index contributed by atoms with van der Waals surface area (Å²) in [5.74, 6) is 0. The lowest BCUT2D eigenvalue weighted by molar-refractivity contribution is 0.660. The summed E-state index contributed by atoms with van der Waals surface area (Å²) in [6.07, 6.45) is 0. The third-order valence-corrected chi connectivity index (χ3v) is 16.1. The van der Waals surface area contributed by atoms with Crippen LogP contribution < -0.4 is 9.80 Å². The number of hydrogen-bond donors (Lipinski definition) is 0. The SMILES string of the molecule is CC1(C)c2cc(N(c3ccc(-c4ccccc4)cc3)c3cccc(-c4nc5ccccc5s4)c3)ccc2-c2ccc(N(c3ccc(-c4ccccc4)cc3)c3cccc(-c4nc5ccccc5s4)c3)cc21. The highest BCUT2D eigenvalue weighted by molar-refractivity contribution is 7.22. The molecule has 0 radical (unpaired) electrons. The maximum atomic E-state index is 5.06. The number of para-hydroxylation sites is 2. The molecule has 2 heterocycles. The van der Waals surface area contributed by atoms with Gasteiger partial charge in [-0.2, -0.15) is 0 Å². The predicted molar refractivity (Wildman–Crippen MR) is 301 cm³/mol. The van der Waals surface area contributed by atoms with E-state index in [-0.39, 0.29) is 5.41 Å². The van der Waals surface area contributed by atoms with Crippen molar-refractivity contribution in [3.8, 4) is 54.5 Å². The summed E-state index contributed by atoms with van der Waals surface area (Å²) in [6.45, 7) is 4.76. The summed E-state index contributed by atoms with van der Waals surface area (Å²) in [7, 11) is 0. The van der Waals surface area contributed by atoms with Crippen molar-refractivity contribution in [2.75, 3.05) is 9.80 Å². The zero-order valence-corrected chi connectivity index (χ0v) is 40.8. The van der Waals surface area contributed by atoms with Crippen LogP contribution in [-0.2, 0) is 5.41 Å². The van der Waals surface area contributed by atoms with E-state index in [1.165, 1.54) is 53.9 Å². The van der Waals surface area contributed by atoms with E-state index in [0.29, 0.717) is 0 Å². The fourth-order valence-corrected chi connectivity index (χ4v) is 12.2. The van der Waals surface area contributed by atoms with Gasteiger partial charge in [-0.3, -0.25) is 0 Å². The molecule has 1 aliphatic rings. The maximum Gasteiger partial charge on any atom is 0.124 e. The lowest BCUT2D eigenvalue weighted by atomic mass is 9.82. The van der Waals surface area contributed by atoms with E-state index >= 15 is 0 Å². The topological polar surface area (TPSA) is 32.3 Å². The Hall–Kier alpha value is -8.42. The fourth-order valence-electron chi connectivity index (χ4n) is 10.3. The molecule has 0 bridgehead atoms. The molecule has 10 aromatic carbocycles. The summed E-state index contributed by atoms with van der Waals surface area (Å²) in [4.78, 5) is 14.9. The van der Waals surface area contributed by atoms with E-state index < -0.39 is 0 Å². The molecule has 2 aromatic heterocycles. The molecule has 338 valence electrons. The molecule has 0 fully saturated rings. The second kappa shape index (κ2) is 17.5. The van der Waals surface area contributed by atoms with Crippen molar-refractivity contribution in [1.82, 2.24) is 9.97 Å². The van der Waals surface area contributed by atoms with Gasteiger partial charge in [-0.05, 0) is 142 Å². The Kier molecular flexibility index (Phi) is 10.5. The highest BCUT2D eigenvalue weighted by Crippen LogP contribution is 2.53. The minimum atomic E-state index is -0.311. The lowest BCUT2D eigenvalue weighted by Crippen LogP contribution is -2.17. The first-order valence-corrected chi connectivity index (χ1v) is 25.7. The van der Waals surface area contributed by atoms with Gasteiger partial charge in [0, 0.05) is 50.7 Å². The van der Waals surface area contributed by atoms with Crippen LogP contribution in [0.4, 0.5) is 34.1 Å². The van der Waals surface area contributed by atoms with E-state index in [0.717, 1.165) is 66.3 Å². The van der Waals surface area contributed by atoms with Crippen molar-refractivity contribution in [2.45, 2.75) is 19.3 Å². The summed E-state index contributed by atoms with van der Waals surface area (Å²) in [6, 6.07) is 87.7. The molecule has 0 atom stereocenters. The molecule has 0 amide bonds. The van der Waals surface area contributed by atoms with Crippen molar-refractivity contribution >= 4 is 77.2 Å². The van der Waals surface area contributed by atoms with Gasteiger partial charge in [-0.25, -0.2) is 9.97 Å². The Bertz CT molecular complexity index is 3590.